The average Bonchev–Trinajstić information content (AvgIpc) is 2.92. The standard InChI is InChI=1S/C16H19NOS2/c1-12(2)13-5-7-14(8-6-13)17-16(18)11-19-10-15-4-3-9-20-15/h3-9,12H,10-11H2,1-2H3,(H,17,18). The molecule has 2 aromatic rings. The van der Waals surface area contributed by atoms with E-state index in [0.29, 0.717) is 11.7 Å². The van der Waals surface area contributed by atoms with E-state index in [2.05, 4.69) is 42.7 Å². The molecule has 1 aromatic carbocycles. The summed E-state index contributed by atoms with van der Waals surface area (Å²) in [6, 6.07) is 12.2. The number of carbonyl (C=O) groups excluding carboxylic acids is 1. The van der Waals surface area contributed by atoms with Crippen molar-refractivity contribution in [2.45, 2.75) is 25.5 Å². The van der Waals surface area contributed by atoms with Crippen molar-refractivity contribution in [3.63, 3.8) is 0 Å². The highest BCUT2D eigenvalue weighted by Gasteiger charge is 2.04. The minimum Gasteiger partial charge on any atom is -0.325 e. The third-order valence-corrected chi connectivity index (χ3v) is 4.96. The van der Waals surface area contributed by atoms with E-state index in [1.54, 1.807) is 23.1 Å². The molecule has 0 aliphatic heterocycles. The fourth-order valence-electron chi connectivity index (χ4n) is 1.79. The summed E-state index contributed by atoms with van der Waals surface area (Å²) in [5.74, 6) is 1.96. The lowest BCUT2D eigenvalue weighted by Crippen LogP contribution is -2.14. The van der Waals surface area contributed by atoms with E-state index in [9.17, 15) is 4.79 Å². The highest BCUT2D eigenvalue weighted by atomic mass is 32.2. The van der Waals surface area contributed by atoms with Gasteiger partial charge >= 0.3 is 0 Å². The number of thioether (sulfide) groups is 1. The first-order valence-corrected chi connectivity index (χ1v) is 8.68. The van der Waals surface area contributed by atoms with Gasteiger partial charge in [0.15, 0.2) is 0 Å². The molecule has 2 rings (SSSR count). The maximum atomic E-state index is 11.8. The number of hydrogen-bond donors (Lipinski definition) is 1. The van der Waals surface area contributed by atoms with Crippen molar-refractivity contribution < 1.29 is 4.79 Å². The molecule has 4 heteroatoms. The number of thiophene rings is 1. The van der Waals surface area contributed by atoms with Crippen molar-refractivity contribution in [3.05, 3.63) is 52.2 Å². The Morgan fingerprint density at radius 1 is 1.25 bits per heavy atom. The molecule has 0 unspecified atom stereocenters. The Morgan fingerprint density at radius 2 is 2.00 bits per heavy atom. The van der Waals surface area contributed by atoms with E-state index in [-0.39, 0.29) is 5.91 Å². The third-order valence-electron chi connectivity index (χ3n) is 2.92. The van der Waals surface area contributed by atoms with Crippen LogP contribution in [0.4, 0.5) is 5.69 Å². The Labute approximate surface area is 128 Å². The summed E-state index contributed by atoms with van der Waals surface area (Å²) in [7, 11) is 0. The zero-order valence-corrected chi connectivity index (χ0v) is 13.4. The molecule has 1 aromatic heterocycles. The molecule has 0 aliphatic carbocycles. The smallest absolute Gasteiger partial charge is 0.234 e. The second kappa shape index (κ2) is 7.50. The molecule has 0 saturated carbocycles. The highest BCUT2D eigenvalue weighted by Crippen LogP contribution is 2.19. The van der Waals surface area contributed by atoms with Crippen LogP contribution in [0.25, 0.3) is 0 Å². The van der Waals surface area contributed by atoms with Crippen LogP contribution >= 0.6 is 23.1 Å². The molecule has 0 atom stereocenters. The van der Waals surface area contributed by atoms with E-state index in [1.165, 1.54) is 10.4 Å². The number of anilines is 1. The van der Waals surface area contributed by atoms with Gasteiger partial charge in [-0.15, -0.1) is 23.1 Å². The fourth-order valence-corrected chi connectivity index (χ4v) is 3.46. The Kier molecular flexibility index (Phi) is 5.68. The van der Waals surface area contributed by atoms with Gasteiger partial charge in [0.1, 0.15) is 0 Å². The van der Waals surface area contributed by atoms with Crippen LogP contribution in [0.15, 0.2) is 41.8 Å². The maximum absolute atomic E-state index is 11.8. The van der Waals surface area contributed by atoms with E-state index in [1.807, 2.05) is 18.2 Å². The van der Waals surface area contributed by atoms with Crippen molar-refractivity contribution in [1.82, 2.24) is 0 Å². The first kappa shape index (κ1) is 15.1. The van der Waals surface area contributed by atoms with Crippen molar-refractivity contribution in [2.24, 2.45) is 0 Å². The number of benzene rings is 1. The zero-order chi connectivity index (χ0) is 14.4. The molecule has 2 nitrogen and oxygen atoms in total. The van der Waals surface area contributed by atoms with Crippen LogP contribution < -0.4 is 5.32 Å². The molecule has 0 radical (unpaired) electrons. The van der Waals surface area contributed by atoms with Gasteiger partial charge in [0.25, 0.3) is 0 Å². The topological polar surface area (TPSA) is 29.1 Å². The summed E-state index contributed by atoms with van der Waals surface area (Å²) < 4.78 is 0. The number of nitrogens with one attached hydrogen (secondary N) is 1. The molecule has 0 fully saturated rings. The van der Waals surface area contributed by atoms with Crippen LogP contribution in [0, 0.1) is 0 Å². The van der Waals surface area contributed by atoms with Crippen LogP contribution in [0.5, 0.6) is 0 Å². The summed E-state index contributed by atoms with van der Waals surface area (Å²) in [6.07, 6.45) is 0. The van der Waals surface area contributed by atoms with E-state index in [4.69, 9.17) is 0 Å². The van der Waals surface area contributed by atoms with Gasteiger partial charge in [-0.25, -0.2) is 0 Å². The lowest BCUT2D eigenvalue weighted by atomic mass is 10.0. The fraction of sp³-hybridized carbons (Fsp3) is 0.312. The second-order valence-electron chi connectivity index (χ2n) is 4.90. The van der Waals surface area contributed by atoms with Gasteiger partial charge in [0.2, 0.25) is 5.91 Å². The minimum absolute atomic E-state index is 0.0591. The predicted octanol–water partition coefficient (Wildman–Crippen LogP) is 4.74. The van der Waals surface area contributed by atoms with Crippen LogP contribution in [0.2, 0.25) is 0 Å². The quantitative estimate of drug-likeness (QED) is 0.835. The first-order chi connectivity index (χ1) is 9.65. The zero-order valence-electron chi connectivity index (χ0n) is 11.8. The van der Waals surface area contributed by atoms with Crippen molar-refractivity contribution in [3.8, 4) is 0 Å². The average molecular weight is 305 g/mol. The summed E-state index contributed by atoms with van der Waals surface area (Å²) in [5, 5.41) is 4.99. The third kappa shape index (κ3) is 4.69. The van der Waals surface area contributed by atoms with Gasteiger partial charge < -0.3 is 5.32 Å². The summed E-state index contributed by atoms with van der Waals surface area (Å²) >= 11 is 3.38. The lowest BCUT2D eigenvalue weighted by Gasteiger charge is -2.08. The Balaban J connectivity index is 1.76. The molecule has 1 N–H and O–H groups in total. The molecular formula is C16H19NOS2. The minimum atomic E-state index is 0.0591. The van der Waals surface area contributed by atoms with Crippen LogP contribution in [-0.4, -0.2) is 11.7 Å². The number of carbonyl (C=O) groups is 1. The van der Waals surface area contributed by atoms with E-state index < -0.39 is 0 Å². The van der Waals surface area contributed by atoms with Crippen molar-refractivity contribution in [1.29, 1.82) is 0 Å². The Hall–Kier alpha value is -1.26. The molecule has 0 spiro atoms. The normalized spacial score (nSPS) is 10.8. The SMILES string of the molecule is CC(C)c1ccc(NC(=O)CSCc2cccs2)cc1. The van der Waals surface area contributed by atoms with E-state index >= 15 is 0 Å². The van der Waals surface area contributed by atoms with E-state index in [0.717, 1.165) is 11.4 Å². The summed E-state index contributed by atoms with van der Waals surface area (Å²) in [5.41, 5.74) is 2.16. The Bertz CT molecular complexity index is 532. The largest absolute Gasteiger partial charge is 0.325 e. The summed E-state index contributed by atoms with van der Waals surface area (Å²) in [4.78, 5) is 13.1. The van der Waals surface area contributed by atoms with Gasteiger partial charge in [-0.05, 0) is 35.1 Å². The monoisotopic (exact) mass is 305 g/mol. The predicted molar refractivity (Wildman–Crippen MR) is 89.6 cm³/mol. The van der Waals surface area contributed by atoms with Crippen molar-refractivity contribution >= 4 is 34.7 Å². The highest BCUT2D eigenvalue weighted by molar-refractivity contribution is 7.99. The lowest BCUT2D eigenvalue weighted by molar-refractivity contribution is -0.113. The van der Waals surface area contributed by atoms with Crippen LogP contribution in [0.1, 0.15) is 30.2 Å². The van der Waals surface area contributed by atoms with Crippen LogP contribution in [-0.2, 0) is 10.5 Å². The summed E-state index contributed by atoms with van der Waals surface area (Å²) in [6.45, 7) is 4.32. The number of rotatable bonds is 6. The van der Waals surface area contributed by atoms with Gasteiger partial charge in [-0.3, -0.25) is 4.79 Å². The van der Waals surface area contributed by atoms with Gasteiger partial charge in [-0.2, -0.15) is 0 Å². The van der Waals surface area contributed by atoms with Crippen molar-refractivity contribution in [2.75, 3.05) is 11.1 Å². The molecule has 106 valence electrons. The first-order valence-electron chi connectivity index (χ1n) is 6.65. The molecule has 0 saturated heterocycles. The molecule has 0 aliphatic rings. The molecule has 20 heavy (non-hydrogen) atoms. The molecule has 1 heterocycles. The van der Waals surface area contributed by atoms with Gasteiger partial charge in [0, 0.05) is 16.3 Å². The number of hydrogen-bond acceptors (Lipinski definition) is 3. The van der Waals surface area contributed by atoms with Crippen LogP contribution in [0.3, 0.4) is 0 Å². The Morgan fingerprint density at radius 3 is 2.60 bits per heavy atom. The van der Waals surface area contributed by atoms with Gasteiger partial charge in [0.05, 0.1) is 5.75 Å². The second-order valence-corrected chi connectivity index (χ2v) is 6.91. The maximum Gasteiger partial charge on any atom is 0.234 e. The molecule has 1 amide bonds. The molecular weight excluding hydrogens is 286 g/mol. The van der Waals surface area contributed by atoms with Gasteiger partial charge in [-0.1, -0.05) is 32.0 Å². The number of amides is 1. The molecule has 0 bridgehead atoms.